The predicted molar refractivity (Wildman–Crippen MR) is 59.9 cm³/mol. The van der Waals surface area contributed by atoms with Crippen LogP contribution in [0.5, 0.6) is 0 Å². The van der Waals surface area contributed by atoms with Crippen LogP contribution in [0.25, 0.3) is 0 Å². The second kappa shape index (κ2) is 6.02. The van der Waals surface area contributed by atoms with Gasteiger partial charge in [-0.1, -0.05) is 18.2 Å². The Labute approximate surface area is 94.4 Å². The minimum absolute atomic E-state index is 0.220. The molecule has 0 spiro atoms. The highest BCUT2D eigenvalue weighted by molar-refractivity contribution is 6.06. The van der Waals surface area contributed by atoms with Crippen LogP contribution in [0.2, 0.25) is 0 Å². The Hall–Kier alpha value is -1.68. The average molecular weight is 221 g/mol. The van der Waals surface area contributed by atoms with Crippen molar-refractivity contribution in [1.29, 1.82) is 0 Å². The first kappa shape index (κ1) is 12.4. The van der Waals surface area contributed by atoms with Crippen LogP contribution in [0.1, 0.15) is 29.3 Å². The zero-order valence-corrected chi connectivity index (χ0v) is 9.23. The van der Waals surface area contributed by atoms with Crippen molar-refractivity contribution in [2.45, 2.75) is 19.9 Å². The van der Waals surface area contributed by atoms with Gasteiger partial charge in [-0.3, -0.25) is 9.59 Å². The van der Waals surface area contributed by atoms with Crippen LogP contribution in [0.15, 0.2) is 24.3 Å². The molecule has 0 saturated carbocycles. The van der Waals surface area contributed by atoms with E-state index in [1.165, 1.54) is 0 Å². The smallest absolute Gasteiger partial charge is 0.313 e. The molecule has 0 aliphatic carbocycles. The molecule has 0 radical (unpaired) electrons. The molecular formula is C12H15NO3. The van der Waals surface area contributed by atoms with Crippen molar-refractivity contribution in [3.05, 3.63) is 35.4 Å². The first-order valence-corrected chi connectivity index (χ1v) is 5.15. The molecule has 4 nitrogen and oxygen atoms in total. The summed E-state index contributed by atoms with van der Waals surface area (Å²) in [4.78, 5) is 22.8. The van der Waals surface area contributed by atoms with Gasteiger partial charge >= 0.3 is 5.97 Å². The monoisotopic (exact) mass is 221 g/mol. The van der Waals surface area contributed by atoms with Crippen molar-refractivity contribution in [2.24, 2.45) is 5.73 Å². The molecule has 0 amide bonds. The summed E-state index contributed by atoms with van der Waals surface area (Å²) < 4.78 is 4.71. The molecule has 16 heavy (non-hydrogen) atoms. The van der Waals surface area contributed by atoms with Gasteiger partial charge in [0.25, 0.3) is 0 Å². The molecule has 0 aliphatic heterocycles. The number of hydrogen-bond acceptors (Lipinski definition) is 4. The van der Waals surface area contributed by atoms with Crippen molar-refractivity contribution >= 4 is 11.8 Å². The van der Waals surface area contributed by atoms with Gasteiger partial charge in [-0.25, -0.2) is 0 Å². The Morgan fingerprint density at radius 1 is 1.38 bits per heavy atom. The molecule has 0 aromatic heterocycles. The molecular weight excluding hydrogens is 206 g/mol. The van der Waals surface area contributed by atoms with Gasteiger partial charge < -0.3 is 10.5 Å². The van der Waals surface area contributed by atoms with Gasteiger partial charge in [-0.05, 0) is 18.6 Å². The number of benzene rings is 1. The van der Waals surface area contributed by atoms with E-state index in [9.17, 15) is 9.59 Å². The van der Waals surface area contributed by atoms with Crippen molar-refractivity contribution in [3.63, 3.8) is 0 Å². The normalized spacial score (nSPS) is 9.88. The second-order valence-corrected chi connectivity index (χ2v) is 3.31. The molecule has 86 valence electrons. The van der Waals surface area contributed by atoms with E-state index >= 15 is 0 Å². The molecule has 1 aromatic carbocycles. The van der Waals surface area contributed by atoms with E-state index in [0.29, 0.717) is 12.1 Å². The Morgan fingerprint density at radius 2 is 2.12 bits per heavy atom. The number of carbonyl (C=O) groups is 2. The van der Waals surface area contributed by atoms with E-state index in [0.717, 1.165) is 5.56 Å². The topological polar surface area (TPSA) is 69.4 Å². The number of ketones is 1. The zero-order chi connectivity index (χ0) is 12.0. The fourth-order valence-corrected chi connectivity index (χ4v) is 1.32. The van der Waals surface area contributed by atoms with E-state index < -0.39 is 5.97 Å². The fourth-order valence-electron chi connectivity index (χ4n) is 1.32. The largest absolute Gasteiger partial charge is 0.466 e. The van der Waals surface area contributed by atoms with E-state index in [4.69, 9.17) is 10.5 Å². The summed E-state index contributed by atoms with van der Waals surface area (Å²) in [6.07, 6.45) is -0.220. The van der Waals surface area contributed by atoms with Gasteiger partial charge in [-0.15, -0.1) is 0 Å². The van der Waals surface area contributed by atoms with Crippen molar-refractivity contribution < 1.29 is 14.3 Å². The van der Waals surface area contributed by atoms with Gasteiger partial charge in [0.1, 0.15) is 6.42 Å². The summed E-state index contributed by atoms with van der Waals surface area (Å²) in [5.41, 5.74) is 6.83. The molecule has 0 unspecified atom stereocenters. The quantitative estimate of drug-likeness (QED) is 0.462. The van der Waals surface area contributed by atoms with Crippen LogP contribution in [-0.4, -0.2) is 18.4 Å². The molecule has 4 heteroatoms. The van der Waals surface area contributed by atoms with Crippen LogP contribution in [0.3, 0.4) is 0 Å². The first-order valence-electron chi connectivity index (χ1n) is 5.15. The molecule has 2 N–H and O–H groups in total. The highest BCUT2D eigenvalue weighted by atomic mass is 16.5. The number of nitrogens with two attached hydrogens (primary N) is 1. The average Bonchev–Trinajstić information content (AvgIpc) is 2.29. The Balaban J connectivity index is 2.69. The minimum atomic E-state index is -0.495. The van der Waals surface area contributed by atoms with Gasteiger partial charge in [0.2, 0.25) is 0 Å². The summed E-state index contributed by atoms with van der Waals surface area (Å²) >= 11 is 0. The highest BCUT2D eigenvalue weighted by Crippen LogP contribution is 2.08. The Kier molecular flexibility index (Phi) is 4.66. The van der Waals surface area contributed by atoms with E-state index in [1.807, 2.05) is 6.07 Å². The van der Waals surface area contributed by atoms with Crippen LogP contribution < -0.4 is 5.73 Å². The zero-order valence-electron chi connectivity index (χ0n) is 9.23. The van der Waals surface area contributed by atoms with E-state index in [1.54, 1.807) is 25.1 Å². The van der Waals surface area contributed by atoms with Crippen LogP contribution >= 0.6 is 0 Å². The molecule has 0 heterocycles. The molecule has 0 aliphatic rings. The summed E-state index contributed by atoms with van der Waals surface area (Å²) in [5.74, 6) is -0.737. The number of Topliss-reactive ketones (excluding diaryl/α,β-unsaturated/α-hetero) is 1. The molecule has 1 aromatic rings. The molecule has 1 rings (SSSR count). The SMILES string of the molecule is CCOC(=O)CC(=O)c1cccc(CN)c1. The number of hydrogen-bond donors (Lipinski definition) is 1. The highest BCUT2D eigenvalue weighted by Gasteiger charge is 2.12. The number of rotatable bonds is 5. The van der Waals surface area contributed by atoms with Crippen molar-refractivity contribution in [1.82, 2.24) is 0 Å². The third-order valence-corrected chi connectivity index (χ3v) is 2.09. The number of ether oxygens (including phenoxy) is 1. The molecule has 0 atom stereocenters. The van der Waals surface area contributed by atoms with Gasteiger partial charge in [0.15, 0.2) is 5.78 Å². The first-order chi connectivity index (χ1) is 7.67. The van der Waals surface area contributed by atoms with E-state index in [-0.39, 0.29) is 18.8 Å². The summed E-state index contributed by atoms with van der Waals surface area (Å²) in [6.45, 7) is 2.37. The Bertz CT molecular complexity index is 388. The maximum atomic E-state index is 11.7. The van der Waals surface area contributed by atoms with Crippen LogP contribution in [0, 0.1) is 0 Å². The third-order valence-electron chi connectivity index (χ3n) is 2.09. The summed E-state index contributed by atoms with van der Waals surface area (Å²) in [5, 5.41) is 0. The van der Waals surface area contributed by atoms with Crippen LogP contribution in [0.4, 0.5) is 0 Å². The second-order valence-electron chi connectivity index (χ2n) is 3.31. The molecule has 0 bridgehead atoms. The maximum absolute atomic E-state index is 11.7. The lowest BCUT2D eigenvalue weighted by molar-refractivity contribution is -0.141. The maximum Gasteiger partial charge on any atom is 0.313 e. The number of carbonyl (C=O) groups excluding carboxylic acids is 2. The van der Waals surface area contributed by atoms with Gasteiger partial charge in [0.05, 0.1) is 6.61 Å². The van der Waals surface area contributed by atoms with Crippen molar-refractivity contribution in [2.75, 3.05) is 6.61 Å². The van der Waals surface area contributed by atoms with E-state index in [2.05, 4.69) is 0 Å². The molecule has 0 saturated heterocycles. The lowest BCUT2D eigenvalue weighted by Crippen LogP contribution is -2.11. The minimum Gasteiger partial charge on any atom is -0.466 e. The summed E-state index contributed by atoms with van der Waals surface area (Å²) in [7, 11) is 0. The third kappa shape index (κ3) is 3.47. The standard InChI is InChI=1S/C12H15NO3/c1-2-16-12(15)7-11(14)10-5-3-4-9(6-10)8-13/h3-6H,2,7-8,13H2,1H3. The van der Waals surface area contributed by atoms with Crippen molar-refractivity contribution in [3.8, 4) is 0 Å². The lowest BCUT2D eigenvalue weighted by atomic mass is 10.1. The molecule has 0 fully saturated rings. The summed E-state index contributed by atoms with van der Waals surface area (Å²) in [6, 6.07) is 6.95. The fraction of sp³-hybridized carbons (Fsp3) is 0.333. The predicted octanol–water partition coefficient (Wildman–Crippen LogP) is 1.28. The number of esters is 1. The Morgan fingerprint density at radius 3 is 2.75 bits per heavy atom. The van der Waals surface area contributed by atoms with Crippen LogP contribution in [-0.2, 0) is 16.1 Å². The lowest BCUT2D eigenvalue weighted by Gasteiger charge is -2.03. The van der Waals surface area contributed by atoms with Gasteiger partial charge in [0, 0.05) is 12.1 Å². The van der Waals surface area contributed by atoms with Gasteiger partial charge in [-0.2, -0.15) is 0 Å².